The molecular weight excluding hydrogens is 258 g/mol. The third-order valence-corrected chi connectivity index (χ3v) is 4.60. The van der Waals surface area contributed by atoms with Gasteiger partial charge in [0.2, 0.25) is 5.91 Å². The van der Waals surface area contributed by atoms with E-state index in [1.54, 1.807) is 16.7 Å². The number of nitrogens with zero attached hydrogens (tertiary/aromatic N) is 1. The zero-order chi connectivity index (χ0) is 13.9. The summed E-state index contributed by atoms with van der Waals surface area (Å²) < 4.78 is 0. The number of carbonyl (C=O) groups excluding carboxylic acids is 1. The van der Waals surface area contributed by atoms with Crippen LogP contribution in [0.1, 0.15) is 25.3 Å². The summed E-state index contributed by atoms with van der Waals surface area (Å²) in [6.45, 7) is 5.01. The largest absolute Gasteiger partial charge is 0.386 e. The number of likely N-dealkylation sites (tertiary alicyclic amines) is 1. The van der Waals surface area contributed by atoms with Crippen LogP contribution in [0.3, 0.4) is 0 Å². The van der Waals surface area contributed by atoms with Crippen LogP contribution in [0.2, 0.25) is 0 Å². The number of hydrogen-bond donors (Lipinski definition) is 1. The zero-order valence-corrected chi connectivity index (χ0v) is 12.4. The second-order valence-corrected chi connectivity index (χ2v) is 6.41. The molecule has 1 N–H and O–H groups in total. The second kappa shape index (κ2) is 5.97. The van der Waals surface area contributed by atoms with Crippen LogP contribution in [0.15, 0.2) is 29.2 Å². The molecule has 1 amide bonds. The Bertz CT molecular complexity index is 438. The molecule has 1 fully saturated rings. The summed E-state index contributed by atoms with van der Waals surface area (Å²) in [5, 5.41) is 9.87. The second-order valence-electron chi connectivity index (χ2n) is 5.24. The fourth-order valence-electron chi connectivity index (χ4n) is 2.11. The molecule has 19 heavy (non-hydrogen) atoms. The van der Waals surface area contributed by atoms with Gasteiger partial charge in [-0.25, -0.2) is 0 Å². The normalized spacial score (nSPS) is 17.1. The fourth-order valence-corrected chi connectivity index (χ4v) is 2.95. The van der Waals surface area contributed by atoms with Crippen molar-refractivity contribution in [1.29, 1.82) is 0 Å². The summed E-state index contributed by atoms with van der Waals surface area (Å²) in [6, 6.07) is 8.34. The average molecular weight is 279 g/mol. The van der Waals surface area contributed by atoms with Gasteiger partial charge in [-0.1, -0.05) is 24.6 Å². The van der Waals surface area contributed by atoms with Crippen molar-refractivity contribution in [2.45, 2.75) is 37.2 Å². The van der Waals surface area contributed by atoms with Crippen molar-refractivity contribution in [3.05, 3.63) is 29.8 Å². The van der Waals surface area contributed by atoms with E-state index in [9.17, 15) is 9.90 Å². The first-order valence-corrected chi connectivity index (χ1v) is 7.70. The first kappa shape index (κ1) is 14.4. The molecule has 1 heterocycles. The van der Waals surface area contributed by atoms with E-state index >= 15 is 0 Å². The minimum absolute atomic E-state index is 0.151. The predicted octanol–water partition coefficient (Wildman–Crippen LogP) is 2.46. The maximum atomic E-state index is 11.9. The molecule has 1 aliphatic rings. The van der Waals surface area contributed by atoms with E-state index in [1.807, 2.05) is 6.92 Å². The van der Waals surface area contributed by atoms with Gasteiger partial charge in [0.1, 0.15) is 0 Å². The van der Waals surface area contributed by atoms with Gasteiger partial charge in [-0.2, -0.15) is 0 Å². The summed E-state index contributed by atoms with van der Waals surface area (Å²) in [5.74, 6) is 0.945. The highest BCUT2D eigenvalue weighted by molar-refractivity contribution is 7.99. The van der Waals surface area contributed by atoms with E-state index in [4.69, 9.17) is 0 Å². The number of β-amino-alcohol motifs (C(OH)–C–C–N with tert-alkyl or cyclic N) is 1. The monoisotopic (exact) mass is 279 g/mol. The molecule has 2 rings (SSSR count). The highest BCUT2D eigenvalue weighted by atomic mass is 32.2. The van der Waals surface area contributed by atoms with Crippen molar-refractivity contribution in [1.82, 2.24) is 4.90 Å². The molecule has 4 heteroatoms. The van der Waals surface area contributed by atoms with Crippen LogP contribution in [0, 0.1) is 6.92 Å². The van der Waals surface area contributed by atoms with Crippen molar-refractivity contribution in [3.8, 4) is 0 Å². The molecule has 0 atom stereocenters. The molecule has 0 aliphatic carbocycles. The lowest BCUT2D eigenvalue weighted by Gasteiger charge is -2.46. The number of amides is 1. The fraction of sp³-hybridized carbons (Fsp3) is 0.533. The van der Waals surface area contributed by atoms with E-state index in [1.165, 1.54) is 10.5 Å². The van der Waals surface area contributed by atoms with Gasteiger partial charge in [0, 0.05) is 17.1 Å². The zero-order valence-electron chi connectivity index (χ0n) is 11.6. The number of rotatable bonds is 5. The first-order chi connectivity index (χ1) is 9.02. The number of thioether (sulfide) groups is 1. The topological polar surface area (TPSA) is 40.5 Å². The van der Waals surface area contributed by atoms with Crippen LogP contribution in [-0.2, 0) is 4.79 Å². The van der Waals surface area contributed by atoms with Gasteiger partial charge in [-0.15, -0.1) is 11.8 Å². The molecule has 1 aliphatic heterocycles. The Hall–Kier alpha value is -1.00. The predicted molar refractivity (Wildman–Crippen MR) is 78.3 cm³/mol. The standard InChI is InChI=1S/C15H21NO2S/c1-3-15(18)10-16(11-15)14(17)8-9-19-13-6-4-12(2)5-7-13/h4-7,18H,3,8-11H2,1-2H3. The summed E-state index contributed by atoms with van der Waals surface area (Å²) in [7, 11) is 0. The van der Waals surface area contributed by atoms with Crippen LogP contribution in [0.4, 0.5) is 0 Å². The maximum Gasteiger partial charge on any atom is 0.223 e. The lowest BCUT2D eigenvalue weighted by atomic mass is 9.91. The third kappa shape index (κ3) is 3.74. The van der Waals surface area contributed by atoms with Gasteiger partial charge in [-0.05, 0) is 25.5 Å². The quantitative estimate of drug-likeness (QED) is 0.842. The number of carbonyl (C=O) groups is 1. The van der Waals surface area contributed by atoms with E-state index in [-0.39, 0.29) is 5.91 Å². The molecule has 1 aromatic rings. The number of aliphatic hydroxyl groups is 1. The Balaban J connectivity index is 1.69. The minimum Gasteiger partial charge on any atom is -0.386 e. The van der Waals surface area contributed by atoms with Crippen molar-refractivity contribution in [2.75, 3.05) is 18.8 Å². The van der Waals surface area contributed by atoms with Gasteiger partial charge in [0.15, 0.2) is 0 Å². The Kier molecular flexibility index (Phi) is 4.53. The smallest absolute Gasteiger partial charge is 0.223 e. The summed E-state index contributed by atoms with van der Waals surface area (Å²) >= 11 is 1.71. The van der Waals surface area contributed by atoms with Crippen LogP contribution in [-0.4, -0.2) is 40.4 Å². The number of hydrogen-bond acceptors (Lipinski definition) is 3. The Morgan fingerprint density at radius 1 is 1.37 bits per heavy atom. The van der Waals surface area contributed by atoms with Crippen molar-refractivity contribution >= 4 is 17.7 Å². The van der Waals surface area contributed by atoms with Gasteiger partial charge in [-0.3, -0.25) is 4.79 Å². The Morgan fingerprint density at radius 2 is 2.00 bits per heavy atom. The lowest BCUT2D eigenvalue weighted by molar-refractivity contribution is -0.155. The summed E-state index contributed by atoms with van der Waals surface area (Å²) in [4.78, 5) is 14.8. The van der Waals surface area contributed by atoms with Crippen LogP contribution >= 0.6 is 11.8 Å². The molecule has 0 saturated carbocycles. The van der Waals surface area contributed by atoms with Crippen LogP contribution < -0.4 is 0 Å². The Labute approximate surface area is 119 Å². The third-order valence-electron chi connectivity index (χ3n) is 3.59. The van der Waals surface area contributed by atoms with Crippen molar-refractivity contribution in [2.24, 2.45) is 0 Å². The summed E-state index contributed by atoms with van der Waals surface area (Å²) in [6.07, 6.45) is 1.26. The highest BCUT2D eigenvalue weighted by Gasteiger charge is 2.41. The van der Waals surface area contributed by atoms with E-state index in [0.29, 0.717) is 19.5 Å². The lowest BCUT2D eigenvalue weighted by Crippen LogP contribution is -2.63. The van der Waals surface area contributed by atoms with Crippen LogP contribution in [0.25, 0.3) is 0 Å². The van der Waals surface area contributed by atoms with Crippen molar-refractivity contribution < 1.29 is 9.90 Å². The molecule has 0 bridgehead atoms. The average Bonchev–Trinajstić information content (AvgIpc) is 2.37. The van der Waals surface area contributed by atoms with E-state index < -0.39 is 5.60 Å². The van der Waals surface area contributed by atoms with Gasteiger partial charge >= 0.3 is 0 Å². The van der Waals surface area contributed by atoms with E-state index in [2.05, 4.69) is 31.2 Å². The highest BCUT2D eigenvalue weighted by Crippen LogP contribution is 2.25. The molecule has 1 aromatic carbocycles. The molecule has 0 radical (unpaired) electrons. The molecule has 0 spiro atoms. The first-order valence-electron chi connectivity index (χ1n) is 6.72. The molecular formula is C15H21NO2S. The molecule has 1 saturated heterocycles. The molecule has 104 valence electrons. The number of benzene rings is 1. The molecule has 3 nitrogen and oxygen atoms in total. The molecule has 0 aromatic heterocycles. The van der Waals surface area contributed by atoms with Gasteiger partial charge in [0.05, 0.1) is 18.7 Å². The van der Waals surface area contributed by atoms with Crippen molar-refractivity contribution in [3.63, 3.8) is 0 Å². The van der Waals surface area contributed by atoms with Crippen LogP contribution in [0.5, 0.6) is 0 Å². The number of aryl methyl sites for hydroxylation is 1. The van der Waals surface area contributed by atoms with E-state index in [0.717, 1.165) is 12.2 Å². The van der Waals surface area contributed by atoms with Gasteiger partial charge in [0.25, 0.3) is 0 Å². The Morgan fingerprint density at radius 3 is 2.58 bits per heavy atom. The minimum atomic E-state index is -0.625. The molecule has 0 unspecified atom stereocenters. The SMILES string of the molecule is CCC1(O)CN(C(=O)CCSc2ccc(C)cc2)C1. The maximum absolute atomic E-state index is 11.9. The summed E-state index contributed by atoms with van der Waals surface area (Å²) in [5.41, 5.74) is 0.625. The van der Waals surface area contributed by atoms with Gasteiger partial charge < -0.3 is 10.0 Å².